The summed E-state index contributed by atoms with van der Waals surface area (Å²) in [6.45, 7) is 7.01. The fourth-order valence-electron chi connectivity index (χ4n) is 2.04. The maximum absolute atomic E-state index is 6.13. The summed E-state index contributed by atoms with van der Waals surface area (Å²) in [5, 5.41) is 0. The van der Waals surface area contributed by atoms with Gasteiger partial charge in [-0.15, -0.1) is 0 Å². The van der Waals surface area contributed by atoms with Gasteiger partial charge in [-0.3, -0.25) is 0 Å². The molecule has 0 spiro atoms. The second-order valence-corrected chi connectivity index (χ2v) is 4.12. The van der Waals surface area contributed by atoms with Gasteiger partial charge >= 0.3 is 0 Å². The van der Waals surface area contributed by atoms with Gasteiger partial charge in [0.25, 0.3) is 0 Å². The Kier molecular flexibility index (Phi) is 2.33. The molecule has 0 fully saturated rings. The molecule has 2 heteroatoms. The van der Waals surface area contributed by atoms with Crippen LogP contribution in [0.15, 0.2) is 12.1 Å². The van der Waals surface area contributed by atoms with E-state index in [4.69, 9.17) is 10.5 Å². The molecule has 0 unspecified atom stereocenters. The largest absolute Gasteiger partial charge is 0.372 e. The standard InChI is InChI=1S/C12H17NO/c1-7-4-5-10-6-14-9(3)12(13)11(10)8(7)2/h4-5,9,12H,6,13H2,1-3H3/t9-,12+/m1/s1. The zero-order chi connectivity index (χ0) is 10.3. The summed E-state index contributed by atoms with van der Waals surface area (Å²) in [6.07, 6.45) is 0.128. The minimum atomic E-state index is 0.0265. The molecule has 1 aliphatic rings. The summed E-state index contributed by atoms with van der Waals surface area (Å²) in [7, 11) is 0. The number of ether oxygens (including phenoxy) is 1. The third kappa shape index (κ3) is 1.35. The van der Waals surface area contributed by atoms with Gasteiger partial charge in [0.05, 0.1) is 18.8 Å². The Hall–Kier alpha value is -0.860. The van der Waals surface area contributed by atoms with Crippen molar-refractivity contribution in [2.24, 2.45) is 5.73 Å². The van der Waals surface area contributed by atoms with E-state index in [0.29, 0.717) is 6.61 Å². The molecule has 0 saturated carbocycles. The highest BCUT2D eigenvalue weighted by Crippen LogP contribution is 2.31. The van der Waals surface area contributed by atoms with Crippen molar-refractivity contribution in [2.45, 2.75) is 39.5 Å². The minimum Gasteiger partial charge on any atom is -0.372 e. The number of hydrogen-bond acceptors (Lipinski definition) is 2. The third-order valence-corrected chi connectivity index (χ3v) is 3.22. The highest BCUT2D eigenvalue weighted by atomic mass is 16.5. The molecular weight excluding hydrogens is 174 g/mol. The van der Waals surface area contributed by atoms with Crippen LogP contribution in [0.4, 0.5) is 0 Å². The van der Waals surface area contributed by atoms with Crippen molar-refractivity contribution in [3.05, 3.63) is 34.4 Å². The van der Waals surface area contributed by atoms with Crippen LogP contribution >= 0.6 is 0 Å². The molecule has 2 atom stereocenters. The normalized spacial score (nSPS) is 26.0. The van der Waals surface area contributed by atoms with E-state index in [9.17, 15) is 0 Å². The maximum Gasteiger partial charge on any atom is 0.0744 e. The van der Waals surface area contributed by atoms with Gasteiger partial charge in [0, 0.05) is 0 Å². The molecular formula is C12H17NO. The molecule has 2 rings (SSSR count). The Morgan fingerprint density at radius 3 is 2.79 bits per heavy atom. The zero-order valence-electron chi connectivity index (χ0n) is 9.00. The first-order valence-corrected chi connectivity index (χ1v) is 5.07. The lowest BCUT2D eigenvalue weighted by atomic mass is 9.89. The summed E-state index contributed by atoms with van der Waals surface area (Å²) < 4.78 is 5.59. The molecule has 0 bridgehead atoms. The Morgan fingerprint density at radius 1 is 1.36 bits per heavy atom. The van der Waals surface area contributed by atoms with Crippen molar-refractivity contribution >= 4 is 0 Å². The molecule has 0 aliphatic carbocycles. The van der Waals surface area contributed by atoms with Crippen molar-refractivity contribution in [3.8, 4) is 0 Å². The van der Waals surface area contributed by atoms with Crippen molar-refractivity contribution in [1.82, 2.24) is 0 Å². The molecule has 2 N–H and O–H groups in total. The van der Waals surface area contributed by atoms with Gasteiger partial charge in [0.1, 0.15) is 0 Å². The summed E-state index contributed by atoms with van der Waals surface area (Å²) in [5.74, 6) is 0. The van der Waals surface area contributed by atoms with Gasteiger partial charge in [-0.2, -0.15) is 0 Å². The van der Waals surface area contributed by atoms with E-state index in [-0.39, 0.29) is 12.1 Å². The number of hydrogen-bond donors (Lipinski definition) is 1. The van der Waals surface area contributed by atoms with Crippen molar-refractivity contribution in [1.29, 1.82) is 0 Å². The molecule has 1 aromatic carbocycles. The maximum atomic E-state index is 6.13. The lowest BCUT2D eigenvalue weighted by Crippen LogP contribution is -2.32. The number of rotatable bonds is 0. The van der Waals surface area contributed by atoms with Crippen molar-refractivity contribution < 1.29 is 4.74 Å². The molecule has 0 amide bonds. The molecule has 2 nitrogen and oxygen atoms in total. The molecule has 1 heterocycles. The number of nitrogens with two attached hydrogens (primary N) is 1. The fourth-order valence-corrected chi connectivity index (χ4v) is 2.04. The quantitative estimate of drug-likeness (QED) is 0.682. The summed E-state index contributed by atoms with van der Waals surface area (Å²) in [6, 6.07) is 4.29. The van der Waals surface area contributed by atoms with Gasteiger partial charge in [0.15, 0.2) is 0 Å². The smallest absolute Gasteiger partial charge is 0.0744 e. The van der Waals surface area contributed by atoms with E-state index in [1.54, 1.807) is 0 Å². The number of aryl methyl sites for hydroxylation is 1. The van der Waals surface area contributed by atoms with Crippen LogP contribution in [0.25, 0.3) is 0 Å². The average molecular weight is 191 g/mol. The molecule has 0 radical (unpaired) electrons. The van der Waals surface area contributed by atoms with Crippen molar-refractivity contribution in [2.75, 3.05) is 0 Å². The number of fused-ring (bicyclic) bond motifs is 1. The van der Waals surface area contributed by atoms with Crippen LogP contribution in [0.3, 0.4) is 0 Å². The van der Waals surface area contributed by atoms with Crippen molar-refractivity contribution in [3.63, 3.8) is 0 Å². The fraction of sp³-hybridized carbons (Fsp3) is 0.500. The summed E-state index contributed by atoms with van der Waals surface area (Å²) in [5.41, 5.74) is 11.3. The third-order valence-electron chi connectivity index (χ3n) is 3.22. The van der Waals surface area contributed by atoms with Crippen LogP contribution in [-0.2, 0) is 11.3 Å². The van der Waals surface area contributed by atoms with Crippen LogP contribution in [-0.4, -0.2) is 6.10 Å². The number of benzene rings is 1. The first kappa shape index (κ1) is 9.69. The molecule has 0 saturated heterocycles. The predicted octanol–water partition coefficient (Wildman–Crippen LogP) is 2.22. The molecule has 1 aliphatic heterocycles. The Bertz CT molecular complexity index is 360. The van der Waals surface area contributed by atoms with E-state index in [2.05, 4.69) is 26.0 Å². The van der Waals surface area contributed by atoms with E-state index in [1.807, 2.05) is 6.92 Å². The van der Waals surface area contributed by atoms with Gasteiger partial charge in [-0.05, 0) is 43.0 Å². The lowest BCUT2D eigenvalue weighted by Gasteiger charge is -2.30. The van der Waals surface area contributed by atoms with E-state index < -0.39 is 0 Å². The van der Waals surface area contributed by atoms with Crippen LogP contribution in [0.1, 0.15) is 35.2 Å². The topological polar surface area (TPSA) is 35.2 Å². The second kappa shape index (κ2) is 3.37. The zero-order valence-corrected chi connectivity index (χ0v) is 9.00. The Morgan fingerprint density at radius 2 is 2.07 bits per heavy atom. The SMILES string of the molecule is Cc1ccc2c(c1C)[C@@H](N)[C@@H](C)OC2. The van der Waals surface area contributed by atoms with Gasteiger partial charge in [-0.25, -0.2) is 0 Å². The summed E-state index contributed by atoms with van der Waals surface area (Å²) in [4.78, 5) is 0. The molecule has 14 heavy (non-hydrogen) atoms. The van der Waals surface area contributed by atoms with Crippen LogP contribution in [0, 0.1) is 13.8 Å². The average Bonchev–Trinajstić information content (AvgIpc) is 2.17. The monoisotopic (exact) mass is 191 g/mol. The first-order valence-electron chi connectivity index (χ1n) is 5.07. The van der Waals surface area contributed by atoms with Crippen LogP contribution < -0.4 is 5.73 Å². The lowest BCUT2D eigenvalue weighted by molar-refractivity contribution is 0.0211. The highest BCUT2D eigenvalue weighted by Gasteiger charge is 2.25. The minimum absolute atomic E-state index is 0.0265. The predicted molar refractivity (Wildman–Crippen MR) is 57.1 cm³/mol. The van der Waals surface area contributed by atoms with Gasteiger partial charge in [-0.1, -0.05) is 12.1 Å². The van der Waals surface area contributed by atoms with Gasteiger partial charge < -0.3 is 10.5 Å². The Labute approximate surface area is 85.1 Å². The molecule has 76 valence electrons. The van der Waals surface area contributed by atoms with Gasteiger partial charge in [0.2, 0.25) is 0 Å². The van der Waals surface area contributed by atoms with E-state index in [0.717, 1.165) is 0 Å². The summed E-state index contributed by atoms with van der Waals surface area (Å²) >= 11 is 0. The highest BCUT2D eigenvalue weighted by molar-refractivity contribution is 5.42. The molecule has 1 aromatic rings. The second-order valence-electron chi connectivity index (χ2n) is 4.12. The first-order chi connectivity index (χ1) is 6.61. The van der Waals surface area contributed by atoms with E-state index >= 15 is 0 Å². The Balaban J connectivity index is 2.56. The molecule has 0 aromatic heterocycles. The van der Waals surface area contributed by atoms with Crippen LogP contribution in [0.2, 0.25) is 0 Å². The van der Waals surface area contributed by atoms with Crippen LogP contribution in [0.5, 0.6) is 0 Å². The van der Waals surface area contributed by atoms with E-state index in [1.165, 1.54) is 22.3 Å².